The third-order valence-electron chi connectivity index (χ3n) is 5.55. The quantitative estimate of drug-likeness (QED) is 0.839. The summed E-state index contributed by atoms with van der Waals surface area (Å²) in [6.07, 6.45) is 10.8. The van der Waals surface area contributed by atoms with Gasteiger partial charge in [-0.25, -0.2) is 4.68 Å². The standard InChI is InChI=1S/C21H27N3/c1-17-10-13-23(14-11-17)15-12-18-6-5-9-21-20(18)16-22-24(21)19-7-3-2-4-8-19/h2-4,7-8,12,16-17H,5-6,9-11,13-15H2,1H3/b18-12-. The minimum atomic E-state index is 0.902. The molecule has 1 aromatic carbocycles. The Morgan fingerprint density at radius 3 is 2.71 bits per heavy atom. The molecule has 1 saturated heterocycles. The zero-order valence-corrected chi connectivity index (χ0v) is 14.6. The lowest BCUT2D eigenvalue weighted by molar-refractivity contribution is 0.210. The lowest BCUT2D eigenvalue weighted by Gasteiger charge is -2.29. The van der Waals surface area contributed by atoms with E-state index in [1.807, 2.05) is 0 Å². The van der Waals surface area contributed by atoms with E-state index in [1.54, 1.807) is 0 Å². The maximum Gasteiger partial charge on any atom is 0.0649 e. The normalized spacial score (nSPS) is 21.1. The van der Waals surface area contributed by atoms with E-state index in [9.17, 15) is 0 Å². The van der Waals surface area contributed by atoms with Gasteiger partial charge in [0.05, 0.1) is 17.6 Å². The molecule has 0 saturated carbocycles. The fraction of sp³-hybridized carbons (Fsp3) is 0.476. The van der Waals surface area contributed by atoms with E-state index in [2.05, 4.69) is 64.2 Å². The van der Waals surface area contributed by atoms with Gasteiger partial charge in [0, 0.05) is 12.1 Å². The average molecular weight is 321 g/mol. The lowest BCUT2D eigenvalue weighted by Crippen LogP contribution is -2.33. The molecule has 4 rings (SSSR count). The summed E-state index contributed by atoms with van der Waals surface area (Å²) < 4.78 is 2.13. The van der Waals surface area contributed by atoms with Gasteiger partial charge in [-0.3, -0.25) is 4.90 Å². The van der Waals surface area contributed by atoms with Crippen LogP contribution in [-0.2, 0) is 6.42 Å². The van der Waals surface area contributed by atoms with Crippen LogP contribution >= 0.6 is 0 Å². The molecule has 0 atom stereocenters. The maximum absolute atomic E-state index is 4.69. The highest BCUT2D eigenvalue weighted by Crippen LogP contribution is 2.32. The van der Waals surface area contributed by atoms with E-state index >= 15 is 0 Å². The molecule has 3 nitrogen and oxygen atoms in total. The minimum Gasteiger partial charge on any atom is -0.300 e. The monoisotopic (exact) mass is 321 g/mol. The van der Waals surface area contributed by atoms with Gasteiger partial charge in [0.15, 0.2) is 0 Å². The Bertz CT molecular complexity index is 706. The summed E-state index contributed by atoms with van der Waals surface area (Å²) in [4.78, 5) is 2.60. The Kier molecular flexibility index (Phi) is 4.52. The van der Waals surface area contributed by atoms with Gasteiger partial charge in [-0.05, 0) is 68.8 Å². The molecule has 0 spiro atoms. The predicted octanol–water partition coefficient (Wildman–Crippen LogP) is 4.32. The lowest BCUT2D eigenvalue weighted by atomic mass is 9.92. The molecule has 0 N–H and O–H groups in total. The molecule has 0 amide bonds. The summed E-state index contributed by atoms with van der Waals surface area (Å²) in [6.45, 7) is 5.97. The maximum atomic E-state index is 4.69. The molecule has 2 heterocycles. The number of hydrogen-bond acceptors (Lipinski definition) is 2. The fourth-order valence-electron chi connectivity index (χ4n) is 3.95. The number of benzene rings is 1. The molecule has 1 aliphatic carbocycles. The van der Waals surface area contributed by atoms with Crippen molar-refractivity contribution in [2.75, 3.05) is 19.6 Å². The number of allylic oxidation sites excluding steroid dienone is 1. The first-order valence-electron chi connectivity index (χ1n) is 9.35. The first-order chi connectivity index (χ1) is 11.8. The van der Waals surface area contributed by atoms with Crippen molar-refractivity contribution in [1.82, 2.24) is 14.7 Å². The molecule has 1 aliphatic heterocycles. The molecule has 0 unspecified atom stereocenters. The minimum absolute atomic E-state index is 0.902. The smallest absolute Gasteiger partial charge is 0.0649 e. The van der Waals surface area contributed by atoms with Crippen molar-refractivity contribution >= 4 is 5.57 Å². The zero-order valence-electron chi connectivity index (χ0n) is 14.6. The molecule has 1 fully saturated rings. The highest BCUT2D eigenvalue weighted by Gasteiger charge is 2.20. The van der Waals surface area contributed by atoms with Gasteiger partial charge in [-0.15, -0.1) is 0 Å². The summed E-state index contributed by atoms with van der Waals surface area (Å²) >= 11 is 0. The van der Waals surface area contributed by atoms with Crippen molar-refractivity contribution in [2.45, 2.75) is 39.0 Å². The molecule has 24 heavy (non-hydrogen) atoms. The first-order valence-corrected chi connectivity index (χ1v) is 9.35. The van der Waals surface area contributed by atoms with Crippen LogP contribution in [0, 0.1) is 5.92 Å². The number of rotatable bonds is 3. The van der Waals surface area contributed by atoms with Crippen LogP contribution in [0.25, 0.3) is 11.3 Å². The third-order valence-corrected chi connectivity index (χ3v) is 5.55. The van der Waals surface area contributed by atoms with Crippen molar-refractivity contribution in [3.05, 3.63) is 53.9 Å². The summed E-state index contributed by atoms with van der Waals surface area (Å²) in [6, 6.07) is 10.5. The molecule has 1 aromatic heterocycles. The second kappa shape index (κ2) is 6.94. The van der Waals surface area contributed by atoms with Crippen LogP contribution in [0.1, 0.15) is 43.9 Å². The van der Waals surface area contributed by atoms with Crippen LogP contribution in [0.3, 0.4) is 0 Å². The average Bonchev–Trinajstić information content (AvgIpc) is 3.07. The molecule has 126 valence electrons. The topological polar surface area (TPSA) is 21.1 Å². The van der Waals surface area contributed by atoms with E-state index in [0.717, 1.165) is 18.9 Å². The molecule has 2 aliphatic rings. The van der Waals surface area contributed by atoms with Crippen molar-refractivity contribution < 1.29 is 0 Å². The van der Waals surface area contributed by atoms with E-state index in [1.165, 1.54) is 61.3 Å². The highest BCUT2D eigenvalue weighted by atomic mass is 15.3. The van der Waals surface area contributed by atoms with Crippen molar-refractivity contribution in [3.8, 4) is 5.69 Å². The van der Waals surface area contributed by atoms with Crippen LogP contribution in [0.2, 0.25) is 0 Å². The van der Waals surface area contributed by atoms with Gasteiger partial charge >= 0.3 is 0 Å². The number of para-hydroxylation sites is 1. The Morgan fingerprint density at radius 2 is 1.92 bits per heavy atom. The Morgan fingerprint density at radius 1 is 1.12 bits per heavy atom. The van der Waals surface area contributed by atoms with Crippen LogP contribution in [0.5, 0.6) is 0 Å². The molecular weight excluding hydrogens is 294 g/mol. The number of fused-ring (bicyclic) bond motifs is 1. The highest BCUT2D eigenvalue weighted by molar-refractivity contribution is 5.69. The van der Waals surface area contributed by atoms with Crippen LogP contribution < -0.4 is 0 Å². The van der Waals surface area contributed by atoms with Crippen LogP contribution in [-0.4, -0.2) is 34.3 Å². The Balaban J connectivity index is 1.54. The van der Waals surface area contributed by atoms with Crippen molar-refractivity contribution in [3.63, 3.8) is 0 Å². The summed E-state index contributed by atoms with van der Waals surface area (Å²) in [7, 11) is 0. The largest absolute Gasteiger partial charge is 0.300 e. The van der Waals surface area contributed by atoms with Crippen molar-refractivity contribution in [2.24, 2.45) is 5.92 Å². The summed E-state index contributed by atoms with van der Waals surface area (Å²) in [5.74, 6) is 0.902. The molecule has 0 bridgehead atoms. The number of nitrogens with zero attached hydrogens (tertiary/aromatic N) is 3. The van der Waals surface area contributed by atoms with Gasteiger partial charge in [-0.1, -0.05) is 31.2 Å². The van der Waals surface area contributed by atoms with Crippen LogP contribution in [0.15, 0.2) is 42.6 Å². The summed E-state index contributed by atoms with van der Waals surface area (Å²) in [5.41, 5.74) is 5.42. The number of likely N-dealkylation sites (tertiary alicyclic amines) is 1. The van der Waals surface area contributed by atoms with E-state index in [0.29, 0.717) is 0 Å². The third kappa shape index (κ3) is 3.18. The molecule has 2 aromatic rings. The van der Waals surface area contributed by atoms with Gasteiger partial charge in [0.2, 0.25) is 0 Å². The summed E-state index contributed by atoms with van der Waals surface area (Å²) in [5, 5.41) is 4.69. The predicted molar refractivity (Wildman–Crippen MR) is 99.3 cm³/mol. The SMILES string of the molecule is CC1CCN(C/C=C2/CCCc3c2cnn3-c2ccccc2)CC1. The Hall–Kier alpha value is -1.87. The number of piperidine rings is 1. The van der Waals surface area contributed by atoms with Gasteiger partial charge in [-0.2, -0.15) is 5.10 Å². The second-order valence-electron chi connectivity index (χ2n) is 7.32. The van der Waals surface area contributed by atoms with Crippen LogP contribution in [0.4, 0.5) is 0 Å². The number of aromatic nitrogens is 2. The molecular formula is C21H27N3. The van der Waals surface area contributed by atoms with Gasteiger partial charge in [0.25, 0.3) is 0 Å². The second-order valence-corrected chi connectivity index (χ2v) is 7.32. The molecule has 0 radical (unpaired) electrons. The van der Waals surface area contributed by atoms with E-state index in [-0.39, 0.29) is 0 Å². The van der Waals surface area contributed by atoms with Crippen molar-refractivity contribution in [1.29, 1.82) is 0 Å². The van der Waals surface area contributed by atoms with Gasteiger partial charge in [0.1, 0.15) is 0 Å². The van der Waals surface area contributed by atoms with Gasteiger partial charge < -0.3 is 0 Å². The van der Waals surface area contributed by atoms with E-state index in [4.69, 9.17) is 0 Å². The Labute approximate surface area is 145 Å². The molecule has 3 heteroatoms. The first kappa shape index (κ1) is 15.6. The zero-order chi connectivity index (χ0) is 16.4. The number of hydrogen-bond donors (Lipinski definition) is 0. The fourth-order valence-corrected chi connectivity index (χ4v) is 3.95. The van der Waals surface area contributed by atoms with E-state index < -0.39 is 0 Å².